The van der Waals surface area contributed by atoms with E-state index < -0.39 is 5.91 Å². The molecule has 0 saturated heterocycles. The van der Waals surface area contributed by atoms with Crippen LogP contribution < -0.4 is 15.6 Å². The molecule has 2 aromatic rings. The Morgan fingerprint density at radius 1 is 1.12 bits per heavy atom. The zero-order valence-corrected chi connectivity index (χ0v) is 14.3. The molecule has 126 valence electrons. The Labute approximate surface area is 145 Å². The van der Waals surface area contributed by atoms with E-state index in [1.54, 1.807) is 12.1 Å². The van der Waals surface area contributed by atoms with Gasteiger partial charge in [0.15, 0.2) is 0 Å². The van der Waals surface area contributed by atoms with Crippen molar-refractivity contribution in [2.45, 2.75) is 19.3 Å². The Kier molecular flexibility index (Phi) is 6.21. The van der Waals surface area contributed by atoms with E-state index in [0.29, 0.717) is 17.2 Å². The fourth-order valence-corrected chi connectivity index (χ4v) is 2.56. The molecule has 0 saturated carbocycles. The van der Waals surface area contributed by atoms with Crippen LogP contribution in [0.25, 0.3) is 0 Å². The number of hydrazine groups is 1. The maximum atomic E-state index is 12.3. The highest BCUT2D eigenvalue weighted by atomic mass is 35.5. The first-order valence-corrected chi connectivity index (χ1v) is 7.93. The topological polar surface area (TPSA) is 67.4 Å². The normalized spacial score (nSPS) is 11.5. The average Bonchev–Trinajstić information content (AvgIpc) is 2.61. The van der Waals surface area contributed by atoms with Crippen molar-refractivity contribution >= 4 is 23.4 Å². The third-order valence-corrected chi connectivity index (χ3v) is 3.87. The number of carbonyl (C=O) groups is 2. The zero-order chi connectivity index (χ0) is 17.5. The quantitative estimate of drug-likeness (QED) is 0.816. The number of hydrogen-bond acceptors (Lipinski definition) is 3. The number of ether oxygens (including phenoxy) is 1. The predicted molar refractivity (Wildman–Crippen MR) is 93.1 cm³/mol. The van der Waals surface area contributed by atoms with Crippen molar-refractivity contribution in [3.63, 3.8) is 0 Å². The largest absolute Gasteiger partial charge is 0.496 e. The van der Waals surface area contributed by atoms with Crippen LogP contribution in [-0.2, 0) is 4.79 Å². The molecule has 2 rings (SSSR count). The monoisotopic (exact) mass is 346 g/mol. The van der Waals surface area contributed by atoms with Gasteiger partial charge < -0.3 is 4.74 Å². The maximum absolute atomic E-state index is 12.3. The van der Waals surface area contributed by atoms with E-state index in [1.165, 1.54) is 13.2 Å². The summed E-state index contributed by atoms with van der Waals surface area (Å²) in [5.41, 5.74) is 6.02. The average molecular weight is 347 g/mol. The summed E-state index contributed by atoms with van der Waals surface area (Å²) in [7, 11) is 1.46. The van der Waals surface area contributed by atoms with Gasteiger partial charge in [-0.05, 0) is 30.2 Å². The smallest absolute Gasteiger partial charge is 0.273 e. The molecule has 0 bridgehead atoms. The number of nitrogens with one attached hydrogen (secondary N) is 2. The van der Waals surface area contributed by atoms with Gasteiger partial charge in [-0.25, -0.2) is 0 Å². The van der Waals surface area contributed by atoms with E-state index in [1.807, 2.05) is 37.3 Å². The van der Waals surface area contributed by atoms with Crippen molar-refractivity contribution in [1.82, 2.24) is 10.9 Å². The molecule has 0 unspecified atom stereocenters. The van der Waals surface area contributed by atoms with Gasteiger partial charge in [-0.3, -0.25) is 20.4 Å². The Balaban J connectivity index is 2.06. The second-order valence-corrected chi connectivity index (χ2v) is 5.60. The summed E-state index contributed by atoms with van der Waals surface area (Å²) < 4.78 is 5.13. The predicted octanol–water partition coefficient (Wildman–Crippen LogP) is 3.30. The molecule has 0 spiro atoms. The van der Waals surface area contributed by atoms with Crippen LogP contribution in [0.2, 0.25) is 5.02 Å². The molecule has 0 fully saturated rings. The SMILES string of the molecule is CC[C@@H](C(=O)NNC(=O)c1cc(Cl)ccc1OC)c1ccccc1. The van der Waals surface area contributed by atoms with Crippen LogP contribution >= 0.6 is 11.6 Å². The lowest BCUT2D eigenvalue weighted by molar-refractivity contribution is -0.123. The minimum absolute atomic E-state index is 0.248. The van der Waals surface area contributed by atoms with Gasteiger partial charge in [0.2, 0.25) is 5.91 Å². The molecule has 2 N–H and O–H groups in total. The number of rotatable bonds is 5. The maximum Gasteiger partial charge on any atom is 0.273 e. The van der Waals surface area contributed by atoms with E-state index in [4.69, 9.17) is 16.3 Å². The highest BCUT2D eigenvalue weighted by Gasteiger charge is 2.20. The molecular formula is C18H19ClN2O3. The van der Waals surface area contributed by atoms with Gasteiger partial charge in [0, 0.05) is 5.02 Å². The Morgan fingerprint density at radius 2 is 1.83 bits per heavy atom. The Hall–Kier alpha value is -2.53. The molecule has 2 aromatic carbocycles. The molecule has 6 heteroatoms. The number of hydrogen-bond donors (Lipinski definition) is 2. The van der Waals surface area contributed by atoms with Crippen molar-refractivity contribution < 1.29 is 14.3 Å². The van der Waals surface area contributed by atoms with E-state index in [0.717, 1.165) is 5.56 Å². The first-order valence-electron chi connectivity index (χ1n) is 7.55. The molecule has 0 aromatic heterocycles. The number of amides is 2. The lowest BCUT2D eigenvalue weighted by Crippen LogP contribution is -2.44. The molecule has 0 heterocycles. The summed E-state index contributed by atoms with van der Waals surface area (Å²) in [6.07, 6.45) is 0.617. The van der Waals surface area contributed by atoms with Gasteiger partial charge in [-0.2, -0.15) is 0 Å². The third kappa shape index (κ3) is 4.26. The fourth-order valence-electron chi connectivity index (χ4n) is 2.39. The number of halogens is 1. The summed E-state index contributed by atoms with van der Waals surface area (Å²) in [6.45, 7) is 1.92. The second kappa shape index (κ2) is 8.36. The zero-order valence-electron chi connectivity index (χ0n) is 13.5. The van der Waals surface area contributed by atoms with Crippen molar-refractivity contribution in [2.75, 3.05) is 7.11 Å². The van der Waals surface area contributed by atoms with Crippen LogP contribution in [-0.4, -0.2) is 18.9 Å². The molecule has 0 aliphatic heterocycles. The van der Waals surface area contributed by atoms with Crippen molar-refractivity contribution in [2.24, 2.45) is 0 Å². The Morgan fingerprint density at radius 3 is 2.46 bits per heavy atom. The minimum atomic E-state index is -0.495. The molecule has 24 heavy (non-hydrogen) atoms. The highest BCUT2D eigenvalue weighted by Crippen LogP contribution is 2.22. The van der Waals surface area contributed by atoms with Crippen LogP contribution in [0.5, 0.6) is 5.75 Å². The lowest BCUT2D eigenvalue weighted by atomic mass is 9.96. The Bertz CT molecular complexity index is 719. The summed E-state index contributed by atoms with van der Waals surface area (Å²) in [5.74, 6) is -0.738. The molecule has 5 nitrogen and oxygen atoms in total. The van der Waals surface area contributed by atoms with Crippen LogP contribution in [0.3, 0.4) is 0 Å². The summed E-state index contributed by atoms with van der Waals surface area (Å²) >= 11 is 5.91. The first kappa shape index (κ1) is 17.8. The molecule has 1 atom stereocenters. The van der Waals surface area contributed by atoms with Crippen LogP contribution in [0.4, 0.5) is 0 Å². The third-order valence-electron chi connectivity index (χ3n) is 3.63. The van der Waals surface area contributed by atoms with Crippen molar-refractivity contribution in [3.8, 4) is 5.75 Å². The summed E-state index contributed by atoms with van der Waals surface area (Å²) in [6, 6.07) is 14.1. The highest BCUT2D eigenvalue weighted by molar-refractivity contribution is 6.31. The van der Waals surface area contributed by atoms with Crippen molar-refractivity contribution in [1.29, 1.82) is 0 Å². The lowest BCUT2D eigenvalue weighted by Gasteiger charge is -2.16. The van der Waals surface area contributed by atoms with Gasteiger partial charge in [0.25, 0.3) is 5.91 Å². The summed E-state index contributed by atoms with van der Waals surface area (Å²) in [4.78, 5) is 24.6. The van der Waals surface area contributed by atoms with E-state index in [9.17, 15) is 9.59 Å². The number of benzene rings is 2. The summed E-state index contributed by atoms with van der Waals surface area (Å²) in [5, 5.41) is 0.406. The van der Waals surface area contributed by atoms with E-state index in [-0.39, 0.29) is 17.4 Å². The van der Waals surface area contributed by atoms with Gasteiger partial charge in [-0.15, -0.1) is 0 Å². The molecular weight excluding hydrogens is 328 g/mol. The standard InChI is InChI=1S/C18H19ClN2O3/c1-3-14(12-7-5-4-6-8-12)17(22)20-21-18(23)15-11-13(19)9-10-16(15)24-2/h4-11,14H,3H2,1-2H3,(H,20,22)(H,21,23)/t14-/m1/s1. The van der Waals surface area contributed by atoms with E-state index >= 15 is 0 Å². The van der Waals surface area contributed by atoms with Crippen LogP contribution in [0.1, 0.15) is 35.2 Å². The molecule has 0 aliphatic carbocycles. The molecule has 0 aliphatic rings. The molecule has 0 radical (unpaired) electrons. The van der Waals surface area contributed by atoms with Gasteiger partial charge in [0.05, 0.1) is 18.6 Å². The number of methoxy groups -OCH3 is 1. The second-order valence-electron chi connectivity index (χ2n) is 5.16. The molecule has 2 amide bonds. The van der Waals surface area contributed by atoms with Crippen LogP contribution in [0, 0.1) is 0 Å². The van der Waals surface area contributed by atoms with Gasteiger partial charge >= 0.3 is 0 Å². The van der Waals surface area contributed by atoms with E-state index in [2.05, 4.69) is 10.9 Å². The van der Waals surface area contributed by atoms with Crippen LogP contribution in [0.15, 0.2) is 48.5 Å². The van der Waals surface area contributed by atoms with Gasteiger partial charge in [0.1, 0.15) is 5.75 Å². The van der Waals surface area contributed by atoms with Gasteiger partial charge in [-0.1, -0.05) is 48.9 Å². The fraction of sp³-hybridized carbons (Fsp3) is 0.222. The first-order chi connectivity index (χ1) is 11.6. The van der Waals surface area contributed by atoms with Crippen molar-refractivity contribution in [3.05, 3.63) is 64.7 Å². The minimum Gasteiger partial charge on any atom is -0.496 e. The number of carbonyl (C=O) groups excluding carboxylic acids is 2.